The van der Waals surface area contributed by atoms with Crippen molar-refractivity contribution in [1.82, 2.24) is 20.4 Å². The summed E-state index contributed by atoms with van der Waals surface area (Å²) in [6, 6.07) is 18.0. The van der Waals surface area contributed by atoms with Crippen LogP contribution in [0.2, 0.25) is 0 Å². The molecule has 6 heteroatoms. The van der Waals surface area contributed by atoms with Crippen molar-refractivity contribution in [3.05, 3.63) is 89.7 Å². The molecule has 6 nitrogen and oxygen atoms in total. The lowest BCUT2D eigenvalue weighted by atomic mass is 10.0. The number of benzene rings is 2. The molecule has 2 aromatic carbocycles. The fourth-order valence-electron chi connectivity index (χ4n) is 3.12. The van der Waals surface area contributed by atoms with E-state index in [0.29, 0.717) is 18.5 Å². The highest BCUT2D eigenvalue weighted by Gasteiger charge is 2.21. The van der Waals surface area contributed by atoms with E-state index in [1.54, 1.807) is 28.9 Å². The van der Waals surface area contributed by atoms with Gasteiger partial charge in [-0.1, -0.05) is 48.5 Å². The van der Waals surface area contributed by atoms with Gasteiger partial charge in [-0.3, -0.25) is 14.3 Å². The molecule has 0 radical (unpaired) electrons. The zero-order chi connectivity index (χ0) is 20.5. The molecule has 0 fully saturated rings. The summed E-state index contributed by atoms with van der Waals surface area (Å²) in [5.41, 5.74) is 2.67. The van der Waals surface area contributed by atoms with Gasteiger partial charge in [0.15, 0.2) is 0 Å². The van der Waals surface area contributed by atoms with Gasteiger partial charge in [0, 0.05) is 31.8 Å². The van der Waals surface area contributed by atoms with E-state index in [-0.39, 0.29) is 11.8 Å². The molecule has 0 spiro atoms. The Morgan fingerprint density at radius 1 is 1.00 bits per heavy atom. The van der Waals surface area contributed by atoms with Crippen molar-refractivity contribution in [2.75, 3.05) is 6.54 Å². The molecule has 1 aromatic heterocycles. The molecule has 1 unspecified atom stereocenters. The Labute approximate surface area is 170 Å². The maximum atomic E-state index is 12.8. The van der Waals surface area contributed by atoms with Crippen LogP contribution in [0.3, 0.4) is 0 Å². The summed E-state index contributed by atoms with van der Waals surface area (Å²) in [7, 11) is 1.88. The van der Waals surface area contributed by atoms with Gasteiger partial charge in [-0.25, -0.2) is 0 Å². The minimum Gasteiger partial charge on any atom is -0.354 e. The number of nitrogens with one attached hydrogen (secondary N) is 2. The van der Waals surface area contributed by atoms with Crippen LogP contribution in [-0.4, -0.2) is 34.2 Å². The Bertz CT molecular complexity index is 922. The Balaban J connectivity index is 1.58. The van der Waals surface area contributed by atoms with E-state index < -0.39 is 6.04 Å². The molecule has 29 heavy (non-hydrogen) atoms. The third-order valence-corrected chi connectivity index (χ3v) is 4.64. The molecule has 1 heterocycles. The molecule has 3 aromatic rings. The van der Waals surface area contributed by atoms with Gasteiger partial charge in [0.1, 0.15) is 6.04 Å². The molecule has 0 aliphatic carbocycles. The summed E-state index contributed by atoms with van der Waals surface area (Å²) in [6.07, 6.45) is 5.89. The van der Waals surface area contributed by atoms with Gasteiger partial charge in [0.05, 0.1) is 6.20 Å². The van der Waals surface area contributed by atoms with E-state index in [1.807, 2.05) is 55.8 Å². The van der Waals surface area contributed by atoms with Crippen molar-refractivity contribution >= 4 is 11.8 Å². The Morgan fingerprint density at radius 3 is 2.34 bits per heavy atom. The smallest absolute Gasteiger partial charge is 0.251 e. The van der Waals surface area contributed by atoms with Gasteiger partial charge in [0.25, 0.3) is 5.91 Å². The number of carbonyl (C=O) groups excluding carboxylic acids is 2. The van der Waals surface area contributed by atoms with Crippen LogP contribution in [0.25, 0.3) is 0 Å². The third kappa shape index (κ3) is 6.31. The lowest BCUT2D eigenvalue weighted by Gasteiger charge is -2.19. The van der Waals surface area contributed by atoms with Crippen LogP contribution in [0.15, 0.2) is 73.1 Å². The molecule has 1 atom stereocenters. The predicted molar refractivity (Wildman–Crippen MR) is 112 cm³/mol. The number of carbonyl (C=O) groups is 2. The first-order valence-corrected chi connectivity index (χ1v) is 9.77. The molecule has 2 N–H and O–H groups in total. The van der Waals surface area contributed by atoms with Crippen LogP contribution in [0.5, 0.6) is 0 Å². The van der Waals surface area contributed by atoms with Crippen molar-refractivity contribution in [2.24, 2.45) is 7.05 Å². The number of aryl methyl sites for hydroxylation is 2. The van der Waals surface area contributed by atoms with E-state index in [0.717, 1.165) is 24.0 Å². The molecule has 150 valence electrons. The van der Waals surface area contributed by atoms with Crippen LogP contribution in [0.4, 0.5) is 0 Å². The second-order valence-corrected chi connectivity index (χ2v) is 7.00. The van der Waals surface area contributed by atoms with Crippen molar-refractivity contribution in [2.45, 2.75) is 25.3 Å². The highest BCUT2D eigenvalue weighted by Crippen LogP contribution is 2.06. The van der Waals surface area contributed by atoms with Crippen molar-refractivity contribution in [1.29, 1.82) is 0 Å². The normalized spacial score (nSPS) is 11.6. The second-order valence-electron chi connectivity index (χ2n) is 7.00. The molecular formula is C23H26N4O2. The number of hydrogen-bond donors (Lipinski definition) is 2. The van der Waals surface area contributed by atoms with E-state index >= 15 is 0 Å². The number of amides is 2. The fraction of sp³-hybridized carbons (Fsp3) is 0.261. The summed E-state index contributed by atoms with van der Waals surface area (Å²) < 4.78 is 1.77. The summed E-state index contributed by atoms with van der Waals surface area (Å²) >= 11 is 0. The van der Waals surface area contributed by atoms with Gasteiger partial charge in [0.2, 0.25) is 5.91 Å². The highest BCUT2D eigenvalue weighted by molar-refractivity contribution is 5.97. The number of nitrogens with zero attached hydrogens (tertiary/aromatic N) is 2. The molecule has 0 aliphatic heterocycles. The number of hydrogen-bond acceptors (Lipinski definition) is 3. The Kier molecular flexibility index (Phi) is 7.16. The Morgan fingerprint density at radius 2 is 1.69 bits per heavy atom. The first kappa shape index (κ1) is 20.3. The third-order valence-electron chi connectivity index (χ3n) is 4.64. The van der Waals surface area contributed by atoms with Crippen molar-refractivity contribution in [3.63, 3.8) is 0 Å². The number of aromatic nitrogens is 2. The van der Waals surface area contributed by atoms with Crippen molar-refractivity contribution < 1.29 is 9.59 Å². The fourth-order valence-corrected chi connectivity index (χ4v) is 3.12. The monoisotopic (exact) mass is 390 g/mol. The van der Waals surface area contributed by atoms with Gasteiger partial charge in [-0.05, 0) is 36.1 Å². The van der Waals surface area contributed by atoms with Gasteiger partial charge >= 0.3 is 0 Å². The van der Waals surface area contributed by atoms with Crippen molar-refractivity contribution in [3.8, 4) is 0 Å². The predicted octanol–water partition coefficient (Wildman–Crippen LogP) is 2.51. The maximum Gasteiger partial charge on any atom is 0.251 e. The lowest BCUT2D eigenvalue weighted by Crippen LogP contribution is -2.48. The zero-order valence-electron chi connectivity index (χ0n) is 16.5. The lowest BCUT2D eigenvalue weighted by molar-refractivity contribution is -0.122. The molecule has 0 aliphatic rings. The van der Waals surface area contributed by atoms with Gasteiger partial charge < -0.3 is 10.6 Å². The average Bonchev–Trinajstić information content (AvgIpc) is 3.17. The first-order chi connectivity index (χ1) is 14.1. The van der Waals surface area contributed by atoms with Crippen LogP contribution in [0.1, 0.15) is 27.9 Å². The van der Waals surface area contributed by atoms with Crippen LogP contribution in [-0.2, 0) is 24.7 Å². The molecule has 2 amide bonds. The SMILES string of the molecule is Cn1cc(CCCNC(=O)C(Cc2ccccc2)NC(=O)c2ccccc2)cn1. The first-order valence-electron chi connectivity index (χ1n) is 9.77. The Hall–Kier alpha value is -3.41. The van der Waals surface area contributed by atoms with E-state index in [1.165, 1.54) is 0 Å². The zero-order valence-corrected chi connectivity index (χ0v) is 16.5. The standard InChI is InChI=1S/C23H26N4O2/c1-27-17-19(16-25-27)11-8-14-24-23(29)21(15-18-9-4-2-5-10-18)26-22(28)20-12-6-3-7-13-20/h2-7,9-10,12-13,16-17,21H,8,11,14-15H2,1H3,(H,24,29)(H,26,28). The minimum absolute atomic E-state index is 0.177. The summed E-state index contributed by atoms with van der Waals surface area (Å²) in [5.74, 6) is -0.429. The molecule has 3 rings (SSSR count). The van der Waals surface area contributed by atoms with E-state index in [4.69, 9.17) is 0 Å². The topological polar surface area (TPSA) is 76.0 Å². The van der Waals surface area contributed by atoms with E-state index in [2.05, 4.69) is 15.7 Å². The second kappa shape index (κ2) is 10.2. The molecule has 0 saturated heterocycles. The summed E-state index contributed by atoms with van der Waals surface area (Å²) in [6.45, 7) is 0.542. The molecular weight excluding hydrogens is 364 g/mol. The summed E-state index contributed by atoms with van der Waals surface area (Å²) in [5, 5.41) is 9.98. The quantitative estimate of drug-likeness (QED) is 0.551. The molecule has 0 saturated carbocycles. The van der Waals surface area contributed by atoms with Crippen LogP contribution >= 0.6 is 0 Å². The highest BCUT2D eigenvalue weighted by atomic mass is 16.2. The van der Waals surface area contributed by atoms with Gasteiger partial charge in [-0.2, -0.15) is 5.10 Å². The van der Waals surface area contributed by atoms with E-state index in [9.17, 15) is 9.59 Å². The minimum atomic E-state index is -0.636. The van der Waals surface area contributed by atoms with Crippen LogP contribution < -0.4 is 10.6 Å². The maximum absolute atomic E-state index is 12.8. The van der Waals surface area contributed by atoms with Gasteiger partial charge in [-0.15, -0.1) is 0 Å². The number of rotatable bonds is 9. The summed E-state index contributed by atoms with van der Waals surface area (Å²) in [4.78, 5) is 25.4. The van der Waals surface area contributed by atoms with Crippen LogP contribution in [0, 0.1) is 0 Å². The average molecular weight is 390 g/mol. The molecule has 0 bridgehead atoms. The largest absolute Gasteiger partial charge is 0.354 e.